The first-order chi connectivity index (χ1) is 10.0. The molecule has 0 atom stereocenters. The summed E-state index contributed by atoms with van der Waals surface area (Å²) in [6.07, 6.45) is 2.89. The molecule has 0 aliphatic heterocycles. The highest BCUT2D eigenvalue weighted by atomic mass is 16.6. The van der Waals surface area contributed by atoms with E-state index in [1.807, 2.05) is 13.8 Å². The molecule has 0 bridgehead atoms. The third-order valence-corrected chi connectivity index (χ3v) is 2.76. The first kappa shape index (κ1) is 16.6. The number of aromatic nitrogens is 2. The van der Waals surface area contributed by atoms with Crippen molar-refractivity contribution in [2.24, 2.45) is 5.73 Å². The zero-order chi connectivity index (χ0) is 15.8. The second-order valence-electron chi connectivity index (χ2n) is 4.42. The van der Waals surface area contributed by atoms with Gasteiger partial charge in [-0.25, -0.2) is 9.97 Å². The highest BCUT2D eigenvalue weighted by molar-refractivity contribution is 5.81. The van der Waals surface area contributed by atoms with Crippen molar-refractivity contribution in [3.05, 3.63) is 16.4 Å². The van der Waals surface area contributed by atoms with Gasteiger partial charge in [-0.05, 0) is 13.3 Å². The lowest BCUT2D eigenvalue weighted by molar-refractivity contribution is -0.383. The molecule has 0 radical (unpaired) electrons. The molecular weight excluding hydrogens is 276 g/mol. The van der Waals surface area contributed by atoms with E-state index in [9.17, 15) is 14.9 Å². The quantitative estimate of drug-likeness (QED) is 0.512. The fourth-order valence-electron chi connectivity index (χ4n) is 1.86. The third kappa shape index (κ3) is 4.55. The topological polar surface area (TPSA) is 127 Å². The molecule has 0 aliphatic rings. The van der Waals surface area contributed by atoms with Crippen molar-refractivity contribution in [2.45, 2.75) is 26.7 Å². The summed E-state index contributed by atoms with van der Waals surface area (Å²) in [6, 6.07) is 0. The Balaban J connectivity index is 3.24. The summed E-state index contributed by atoms with van der Waals surface area (Å²) in [7, 11) is 0. The Morgan fingerprint density at radius 2 is 2.19 bits per heavy atom. The zero-order valence-corrected chi connectivity index (χ0v) is 12.2. The summed E-state index contributed by atoms with van der Waals surface area (Å²) in [5.41, 5.74) is 4.98. The lowest BCUT2D eigenvalue weighted by Crippen LogP contribution is -2.35. The monoisotopic (exact) mass is 296 g/mol. The molecule has 1 rings (SSSR count). The standard InChI is InChI=1S/C12H20N6O3/c1-3-5-6-17(7-9(13)19)12-10(18(20)21)11(14-4-2)15-8-16-12/h8H,3-7H2,1-2H3,(H2,13,19)(H,14,15,16). The average Bonchev–Trinajstić information content (AvgIpc) is 2.43. The van der Waals surface area contributed by atoms with E-state index < -0.39 is 10.8 Å². The lowest BCUT2D eigenvalue weighted by atomic mass is 10.3. The first-order valence-electron chi connectivity index (χ1n) is 6.77. The van der Waals surface area contributed by atoms with E-state index in [1.54, 1.807) is 0 Å². The van der Waals surface area contributed by atoms with Crippen LogP contribution in [0.5, 0.6) is 0 Å². The van der Waals surface area contributed by atoms with Crippen LogP contribution in [0.2, 0.25) is 0 Å². The summed E-state index contributed by atoms with van der Waals surface area (Å²) in [5.74, 6) is -0.319. The van der Waals surface area contributed by atoms with Crippen LogP contribution in [0.4, 0.5) is 17.3 Å². The number of carbonyl (C=O) groups excluding carboxylic acids is 1. The molecule has 0 aliphatic carbocycles. The molecule has 0 spiro atoms. The molecule has 3 N–H and O–H groups in total. The van der Waals surface area contributed by atoms with Gasteiger partial charge < -0.3 is 16.0 Å². The van der Waals surface area contributed by atoms with E-state index in [-0.39, 0.29) is 23.9 Å². The van der Waals surface area contributed by atoms with Crippen LogP contribution in [0, 0.1) is 10.1 Å². The SMILES string of the molecule is CCCCN(CC(N)=O)c1ncnc(NCC)c1[N+](=O)[O-]. The third-order valence-electron chi connectivity index (χ3n) is 2.76. The van der Waals surface area contributed by atoms with E-state index in [2.05, 4.69) is 15.3 Å². The Morgan fingerprint density at radius 1 is 1.48 bits per heavy atom. The maximum absolute atomic E-state index is 11.3. The molecule has 21 heavy (non-hydrogen) atoms. The Morgan fingerprint density at radius 3 is 2.71 bits per heavy atom. The highest BCUT2D eigenvalue weighted by Gasteiger charge is 2.27. The Hall–Kier alpha value is -2.45. The molecule has 1 aromatic rings. The van der Waals surface area contributed by atoms with Gasteiger partial charge in [0.1, 0.15) is 6.33 Å². The van der Waals surface area contributed by atoms with Gasteiger partial charge in [-0.3, -0.25) is 14.9 Å². The highest BCUT2D eigenvalue weighted by Crippen LogP contribution is 2.31. The molecule has 0 saturated heterocycles. The molecule has 0 aromatic carbocycles. The van der Waals surface area contributed by atoms with Gasteiger partial charge in [0.2, 0.25) is 17.5 Å². The summed E-state index contributed by atoms with van der Waals surface area (Å²) >= 11 is 0. The Kier molecular flexibility index (Phi) is 6.31. The van der Waals surface area contributed by atoms with Crippen molar-refractivity contribution in [1.29, 1.82) is 0 Å². The number of primary amides is 1. The molecule has 9 heteroatoms. The minimum absolute atomic E-state index is 0.109. The Labute approximate surface area is 122 Å². The van der Waals surface area contributed by atoms with Gasteiger partial charge in [0.25, 0.3) is 0 Å². The summed E-state index contributed by atoms with van der Waals surface area (Å²) < 4.78 is 0. The van der Waals surface area contributed by atoms with E-state index in [4.69, 9.17) is 5.73 Å². The molecule has 1 heterocycles. The zero-order valence-electron chi connectivity index (χ0n) is 12.2. The second kappa shape index (κ2) is 7.98. The van der Waals surface area contributed by atoms with E-state index in [0.717, 1.165) is 12.8 Å². The number of unbranched alkanes of at least 4 members (excludes halogenated alkanes) is 1. The number of anilines is 2. The lowest BCUT2D eigenvalue weighted by Gasteiger charge is -2.22. The van der Waals surface area contributed by atoms with Crippen molar-refractivity contribution in [2.75, 3.05) is 29.9 Å². The first-order valence-corrected chi connectivity index (χ1v) is 6.77. The number of amides is 1. The number of carbonyl (C=O) groups is 1. The van der Waals surface area contributed by atoms with E-state index >= 15 is 0 Å². The van der Waals surface area contributed by atoms with Crippen LogP contribution in [0.3, 0.4) is 0 Å². The van der Waals surface area contributed by atoms with Gasteiger partial charge in [-0.1, -0.05) is 13.3 Å². The van der Waals surface area contributed by atoms with Crippen molar-refractivity contribution in [3.63, 3.8) is 0 Å². The van der Waals surface area contributed by atoms with Crippen molar-refractivity contribution in [1.82, 2.24) is 9.97 Å². The maximum atomic E-state index is 11.3. The number of hydrogen-bond donors (Lipinski definition) is 2. The van der Waals surface area contributed by atoms with Crippen LogP contribution in [-0.4, -0.2) is 40.4 Å². The summed E-state index contributed by atoms with van der Waals surface area (Å²) in [5, 5.41) is 14.2. The van der Waals surface area contributed by atoms with Crippen LogP contribution in [0.1, 0.15) is 26.7 Å². The second-order valence-corrected chi connectivity index (χ2v) is 4.42. The summed E-state index contributed by atoms with van der Waals surface area (Å²) in [6.45, 7) is 4.62. The van der Waals surface area contributed by atoms with Crippen molar-refractivity contribution in [3.8, 4) is 0 Å². The van der Waals surface area contributed by atoms with Crippen LogP contribution < -0.4 is 16.0 Å². The van der Waals surface area contributed by atoms with Gasteiger partial charge in [0.05, 0.1) is 11.5 Å². The van der Waals surface area contributed by atoms with Gasteiger partial charge >= 0.3 is 5.69 Å². The number of nitrogens with one attached hydrogen (secondary N) is 1. The fourth-order valence-corrected chi connectivity index (χ4v) is 1.86. The number of hydrogen-bond acceptors (Lipinski definition) is 7. The number of nitrogens with two attached hydrogens (primary N) is 1. The summed E-state index contributed by atoms with van der Waals surface area (Å²) in [4.78, 5) is 31.3. The van der Waals surface area contributed by atoms with Crippen LogP contribution in [0.15, 0.2) is 6.33 Å². The average molecular weight is 296 g/mol. The number of rotatable bonds is 9. The van der Waals surface area contributed by atoms with Crippen LogP contribution in [0.25, 0.3) is 0 Å². The normalized spacial score (nSPS) is 10.2. The van der Waals surface area contributed by atoms with Gasteiger partial charge in [0.15, 0.2) is 0 Å². The molecule has 0 fully saturated rings. The smallest absolute Gasteiger partial charge is 0.353 e. The minimum Gasteiger partial charge on any atom is -0.368 e. The maximum Gasteiger partial charge on any atom is 0.353 e. The molecule has 9 nitrogen and oxygen atoms in total. The Bertz CT molecular complexity index is 508. The predicted octanol–water partition coefficient (Wildman–Crippen LogP) is 0.908. The molecule has 1 aromatic heterocycles. The molecule has 1 amide bonds. The minimum atomic E-state index is -0.566. The van der Waals surface area contributed by atoms with Gasteiger partial charge in [0, 0.05) is 13.1 Å². The number of nitrogens with zero attached hydrogens (tertiary/aromatic N) is 4. The molecule has 0 unspecified atom stereocenters. The molecule has 0 saturated carbocycles. The predicted molar refractivity (Wildman–Crippen MR) is 79.2 cm³/mol. The molecule has 116 valence electrons. The van der Waals surface area contributed by atoms with Crippen LogP contribution in [-0.2, 0) is 4.79 Å². The fraction of sp³-hybridized carbons (Fsp3) is 0.583. The van der Waals surface area contributed by atoms with Gasteiger partial charge in [-0.2, -0.15) is 0 Å². The molecular formula is C12H20N6O3. The largest absolute Gasteiger partial charge is 0.368 e. The van der Waals surface area contributed by atoms with E-state index in [0.29, 0.717) is 13.1 Å². The van der Waals surface area contributed by atoms with E-state index in [1.165, 1.54) is 11.2 Å². The van der Waals surface area contributed by atoms with Crippen molar-refractivity contribution >= 4 is 23.2 Å². The number of nitro groups is 1. The van der Waals surface area contributed by atoms with Crippen molar-refractivity contribution < 1.29 is 9.72 Å². The van der Waals surface area contributed by atoms with Crippen LogP contribution >= 0.6 is 0 Å². The van der Waals surface area contributed by atoms with Gasteiger partial charge in [-0.15, -0.1) is 0 Å².